The Hall–Kier alpha value is -2.71. The number of Topliss-reactive ketones (excluding diaryl/α,β-unsaturated/α-hetero) is 3. The van der Waals surface area contributed by atoms with Crippen LogP contribution in [0.1, 0.15) is 20.3 Å². The molecule has 0 amide bonds. The van der Waals surface area contributed by atoms with Gasteiger partial charge in [-0.15, -0.1) is 0 Å². The summed E-state index contributed by atoms with van der Waals surface area (Å²) in [4.78, 5) is 75.0. The Balaban J connectivity index is 4.38. The zero-order chi connectivity index (χ0) is 15.2. The Bertz CT molecular complexity index is 485. The predicted octanol–water partition coefficient (Wildman–Crippen LogP) is -1.74. The minimum absolute atomic E-state index is 0.805. The molecule has 0 spiro atoms. The van der Waals surface area contributed by atoms with Crippen LogP contribution in [-0.2, 0) is 43.0 Å². The molecule has 0 aliphatic carbocycles. The third kappa shape index (κ3) is 5.96. The standard InChI is InChI=1S/C10H8O9/c1-4(11)8(15)18-7(14)3-6(13)10(17)19-9(16)5(2)12/h3H2,1-2H3. The van der Waals surface area contributed by atoms with E-state index >= 15 is 0 Å². The van der Waals surface area contributed by atoms with Gasteiger partial charge in [-0.2, -0.15) is 0 Å². The lowest BCUT2D eigenvalue weighted by Gasteiger charge is -2.00. The first kappa shape index (κ1) is 16.3. The summed E-state index contributed by atoms with van der Waals surface area (Å²) in [6.45, 7) is 1.64. The normalized spacial score (nSPS) is 9.16. The number of hydrogen-bond donors (Lipinski definition) is 0. The van der Waals surface area contributed by atoms with Gasteiger partial charge in [0.25, 0.3) is 5.78 Å². The third-order valence-corrected chi connectivity index (χ3v) is 1.50. The van der Waals surface area contributed by atoms with Crippen LogP contribution in [0.3, 0.4) is 0 Å². The Kier molecular flexibility index (Phi) is 5.91. The van der Waals surface area contributed by atoms with Crippen molar-refractivity contribution in [2.45, 2.75) is 20.3 Å². The fraction of sp³-hybridized carbons (Fsp3) is 0.300. The minimum atomic E-state index is -1.74. The highest BCUT2D eigenvalue weighted by atomic mass is 16.6. The highest BCUT2D eigenvalue weighted by Crippen LogP contribution is 1.94. The maximum Gasteiger partial charge on any atom is 0.383 e. The monoisotopic (exact) mass is 272 g/mol. The molecule has 0 saturated carbocycles. The zero-order valence-electron chi connectivity index (χ0n) is 9.88. The van der Waals surface area contributed by atoms with Gasteiger partial charge in [0.1, 0.15) is 6.42 Å². The molecule has 0 aliphatic heterocycles. The predicted molar refractivity (Wildman–Crippen MR) is 53.2 cm³/mol. The lowest BCUT2D eigenvalue weighted by molar-refractivity contribution is -0.170. The van der Waals surface area contributed by atoms with E-state index in [9.17, 15) is 33.6 Å². The number of esters is 4. The summed E-state index contributed by atoms with van der Waals surface area (Å²) in [6, 6.07) is 0. The van der Waals surface area contributed by atoms with Crippen LogP contribution in [0.25, 0.3) is 0 Å². The average Bonchev–Trinajstić information content (AvgIpc) is 2.27. The van der Waals surface area contributed by atoms with Gasteiger partial charge in [0.05, 0.1) is 0 Å². The maximum absolute atomic E-state index is 11.0. The molecule has 9 nitrogen and oxygen atoms in total. The molecule has 102 valence electrons. The highest BCUT2D eigenvalue weighted by Gasteiger charge is 2.26. The first-order valence-electron chi connectivity index (χ1n) is 4.70. The Morgan fingerprint density at radius 1 is 0.684 bits per heavy atom. The molecule has 0 N–H and O–H groups in total. The second kappa shape index (κ2) is 6.89. The van der Waals surface area contributed by atoms with Crippen molar-refractivity contribution in [2.75, 3.05) is 0 Å². The van der Waals surface area contributed by atoms with Gasteiger partial charge in [0.2, 0.25) is 11.6 Å². The van der Waals surface area contributed by atoms with E-state index in [-0.39, 0.29) is 0 Å². The van der Waals surface area contributed by atoms with Crippen LogP contribution in [0.2, 0.25) is 0 Å². The van der Waals surface area contributed by atoms with Gasteiger partial charge >= 0.3 is 23.9 Å². The fourth-order valence-corrected chi connectivity index (χ4v) is 0.628. The van der Waals surface area contributed by atoms with E-state index in [1.54, 1.807) is 0 Å². The molecule has 0 bridgehead atoms. The van der Waals surface area contributed by atoms with E-state index in [4.69, 9.17) is 0 Å². The largest absolute Gasteiger partial charge is 0.387 e. The summed E-state index contributed by atoms with van der Waals surface area (Å²) in [5.74, 6) is -9.95. The van der Waals surface area contributed by atoms with Gasteiger partial charge in [0.15, 0.2) is 0 Å². The van der Waals surface area contributed by atoms with Gasteiger partial charge < -0.3 is 9.47 Å². The third-order valence-electron chi connectivity index (χ3n) is 1.50. The Morgan fingerprint density at radius 2 is 1.11 bits per heavy atom. The van der Waals surface area contributed by atoms with Gasteiger partial charge in [-0.1, -0.05) is 0 Å². The molecule has 0 rings (SSSR count). The average molecular weight is 272 g/mol. The van der Waals surface area contributed by atoms with Gasteiger partial charge in [0, 0.05) is 13.8 Å². The van der Waals surface area contributed by atoms with Crippen LogP contribution in [0, 0.1) is 0 Å². The van der Waals surface area contributed by atoms with Crippen LogP contribution in [-0.4, -0.2) is 41.2 Å². The molecular weight excluding hydrogens is 264 g/mol. The van der Waals surface area contributed by atoms with E-state index in [1.165, 1.54) is 0 Å². The van der Waals surface area contributed by atoms with Crippen molar-refractivity contribution in [1.82, 2.24) is 0 Å². The van der Waals surface area contributed by atoms with E-state index in [1.807, 2.05) is 0 Å². The zero-order valence-corrected chi connectivity index (χ0v) is 9.88. The highest BCUT2D eigenvalue weighted by molar-refractivity contribution is 6.43. The molecule has 0 aromatic heterocycles. The van der Waals surface area contributed by atoms with Crippen molar-refractivity contribution in [1.29, 1.82) is 0 Å². The summed E-state index contributed by atoms with van der Waals surface area (Å²) in [5.41, 5.74) is 0. The number of rotatable bonds is 5. The summed E-state index contributed by atoms with van der Waals surface area (Å²) in [7, 11) is 0. The van der Waals surface area contributed by atoms with Gasteiger partial charge in [-0.3, -0.25) is 19.2 Å². The molecule has 19 heavy (non-hydrogen) atoms. The number of ketones is 3. The number of carbonyl (C=O) groups excluding carboxylic acids is 7. The van der Waals surface area contributed by atoms with Crippen LogP contribution < -0.4 is 0 Å². The SMILES string of the molecule is CC(=O)C(=O)OC(=O)CC(=O)C(=O)OC(=O)C(C)=O. The molecule has 0 fully saturated rings. The van der Waals surface area contributed by atoms with E-state index in [2.05, 4.69) is 9.47 Å². The Morgan fingerprint density at radius 3 is 1.53 bits per heavy atom. The fourth-order valence-electron chi connectivity index (χ4n) is 0.628. The van der Waals surface area contributed by atoms with Crippen molar-refractivity contribution in [3.63, 3.8) is 0 Å². The summed E-state index contributed by atoms with van der Waals surface area (Å²) in [5, 5.41) is 0. The minimum Gasteiger partial charge on any atom is -0.387 e. The van der Waals surface area contributed by atoms with Crippen LogP contribution in [0.4, 0.5) is 0 Å². The molecule has 0 radical (unpaired) electrons. The molecule has 0 atom stereocenters. The van der Waals surface area contributed by atoms with Crippen molar-refractivity contribution in [3.8, 4) is 0 Å². The first-order valence-corrected chi connectivity index (χ1v) is 4.70. The number of ether oxygens (including phenoxy) is 2. The van der Waals surface area contributed by atoms with Crippen LogP contribution >= 0.6 is 0 Å². The van der Waals surface area contributed by atoms with Gasteiger partial charge in [-0.25, -0.2) is 14.4 Å². The molecule has 0 aliphatic rings. The van der Waals surface area contributed by atoms with Gasteiger partial charge in [-0.05, 0) is 0 Å². The lowest BCUT2D eigenvalue weighted by Crippen LogP contribution is -2.28. The molecule has 0 saturated heterocycles. The van der Waals surface area contributed by atoms with E-state index < -0.39 is 47.6 Å². The quantitative estimate of drug-likeness (QED) is 0.324. The van der Waals surface area contributed by atoms with Crippen molar-refractivity contribution in [2.24, 2.45) is 0 Å². The maximum atomic E-state index is 11.0. The van der Waals surface area contributed by atoms with Crippen LogP contribution in [0.15, 0.2) is 0 Å². The number of hydrogen-bond acceptors (Lipinski definition) is 9. The molecule has 0 aromatic rings. The summed E-state index contributed by atoms with van der Waals surface area (Å²) in [6.07, 6.45) is -1.21. The van der Waals surface area contributed by atoms with Crippen molar-refractivity contribution < 1.29 is 43.0 Å². The van der Waals surface area contributed by atoms with E-state index in [0.717, 1.165) is 13.8 Å². The molecular formula is C10H8O9. The smallest absolute Gasteiger partial charge is 0.383 e. The summed E-state index contributed by atoms with van der Waals surface area (Å²) >= 11 is 0. The van der Waals surface area contributed by atoms with Crippen LogP contribution in [0.5, 0.6) is 0 Å². The second-order valence-corrected chi connectivity index (χ2v) is 3.15. The molecule has 0 aromatic carbocycles. The summed E-state index contributed by atoms with van der Waals surface area (Å²) < 4.78 is 7.67. The molecule has 0 heterocycles. The van der Waals surface area contributed by atoms with E-state index in [0.29, 0.717) is 0 Å². The second-order valence-electron chi connectivity index (χ2n) is 3.15. The first-order chi connectivity index (χ1) is 8.65. The molecule has 0 unspecified atom stereocenters. The Labute approximate surface area is 105 Å². The van der Waals surface area contributed by atoms with Crippen molar-refractivity contribution in [3.05, 3.63) is 0 Å². The topological polar surface area (TPSA) is 138 Å². The van der Waals surface area contributed by atoms with Crippen molar-refractivity contribution >= 4 is 41.2 Å². The number of carbonyl (C=O) groups is 7. The lowest BCUT2D eigenvalue weighted by atomic mass is 10.3. The molecule has 9 heteroatoms.